The van der Waals surface area contributed by atoms with Crippen molar-refractivity contribution in [2.24, 2.45) is 0 Å². The minimum absolute atomic E-state index is 0.00147. The maximum atomic E-state index is 13.2. The quantitative estimate of drug-likeness (QED) is 0.899. The second-order valence-corrected chi connectivity index (χ2v) is 6.26. The van der Waals surface area contributed by atoms with Gasteiger partial charge in [-0.2, -0.15) is 5.10 Å². The topological polar surface area (TPSA) is 67.2 Å². The summed E-state index contributed by atoms with van der Waals surface area (Å²) >= 11 is 0. The molecule has 0 unspecified atom stereocenters. The number of benzene rings is 1. The molecule has 3 rings (SSSR count). The molecule has 1 aromatic heterocycles. The van der Waals surface area contributed by atoms with Crippen LogP contribution in [0, 0.1) is 12.7 Å². The van der Waals surface area contributed by atoms with E-state index in [0.29, 0.717) is 24.2 Å². The fourth-order valence-electron chi connectivity index (χ4n) is 3.19. The number of nitrogens with one attached hydrogen (secondary N) is 1. The molecule has 1 saturated heterocycles. The molecule has 1 aliphatic rings. The maximum absolute atomic E-state index is 13.2. The van der Waals surface area contributed by atoms with Gasteiger partial charge in [-0.3, -0.25) is 14.3 Å². The van der Waals surface area contributed by atoms with Crippen molar-refractivity contribution in [2.75, 3.05) is 13.1 Å². The molecule has 1 atom stereocenters. The zero-order chi connectivity index (χ0) is 17.8. The molecule has 0 spiro atoms. The van der Waals surface area contributed by atoms with Crippen LogP contribution in [0.1, 0.15) is 28.8 Å². The van der Waals surface area contributed by atoms with Crippen LogP contribution in [0.25, 0.3) is 0 Å². The van der Waals surface area contributed by atoms with Crippen LogP contribution in [-0.2, 0) is 11.3 Å². The Morgan fingerprint density at radius 3 is 2.96 bits per heavy atom. The first-order valence-corrected chi connectivity index (χ1v) is 8.36. The Morgan fingerprint density at radius 1 is 1.40 bits per heavy atom. The number of hydrogen-bond acceptors (Lipinski definition) is 3. The highest BCUT2D eigenvalue weighted by molar-refractivity contribution is 5.95. The zero-order valence-corrected chi connectivity index (χ0v) is 14.1. The Hall–Kier alpha value is -2.70. The third-order valence-corrected chi connectivity index (χ3v) is 4.49. The van der Waals surface area contributed by atoms with Gasteiger partial charge >= 0.3 is 0 Å². The van der Waals surface area contributed by atoms with Crippen LogP contribution >= 0.6 is 0 Å². The van der Waals surface area contributed by atoms with E-state index in [1.54, 1.807) is 35.0 Å². The SMILES string of the molecule is Cc1cc(F)ccc1C(=O)NC[C@H]1CCCN1C(=O)Cn1cccn1. The minimum Gasteiger partial charge on any atom is -0.350 e. The van der Waals surface area contributed by atoms with Crippen LogP contribution in [-0.4, -0.2) is 45.6 Å². The largest absolute Gasteiger partial charge is 0.350 e. The molecular weight excluding hydrogens is 323 g/mol. The molecule has 132 valence electrons. The molecule has 25 heavy (non-hydrogen) atoms. The molecule has 2 heterocycles. The number of hydrogen-bond donors (Lipinski definition) is 1. The molecule has 2 amide bonds. The van der Waals surface area contributed by atoms with Crippen LogP contribution < -0.4 is 5.32 Å². The van der Waals surface area contributed by atoms with Crippen LogP contribution in [0.15, 0.2) is 36.7 Å². The summed E-state index contributed by atoms with van der Waals surface area (Å²) in [4.78, 5) is 26.6. The predicted octanol–water partition coefficient (Wildman–Crippen LogP) is 1.75. The van der Waals surface area contributed by atoms with Crippen molar-refractivity contribution in [3.8, 4) is 0 Å². The van der Waals surface area contributed by atoms with Crippen molar-refractivity contribution >= 4 is 11.8 Å². The zero-order valence-electron chi connectivity index (χ0n) is 14.1. The normalized spacial score (nSPS) is 16.9. The number of rotatable bonds is 5. The van der Waals surface area contributed by atoms with Gasteiger partial charge in [0.15, 0.2) is 0 Å². The standard InChI is InChI=1S/C18H21FN4O2/c1-13-10-14(19)5-6-16(13)18(25)20-11-15-4-2-9-23(15)17(24)12-22-8-3-7-21-22/h3,5-8,10,15H,2,4,9,11-12H2,1H3,(H,20,25)/t15-/m1/s1. The van der Waals surface area contributed by atoms with Crippen LogP contribution in [0.3, 0.4) is 0 Å². The van der Waals surface area contributed by atoms with Crippen LogP contribution in [0.4, 0.5) is 4.39 Å². The summed E-state index contributed by atoms with van der Waals surface area (Å²) in [6.07, 6.45) is 5.16. The predicted molar refractivity (Wildman–Crippen MR) is 90.4 cm³/mol. The first-order chi connectivity index (χ1) is 12.0. The smallest absolute Gasteiger partial charge is 0.251 e. The summed E-state index contributed by atoms with van der Waals surface area (Å²) in [7, 11) is 0. The van der Waals surface area contributed by atoms with E-state index in [0.717, 1.165) is 12.8 Å². The minimum atomic E-state index is -0.361. The van der Waals surface area contributed by atoms with Gasteiger partial charge in [0, 0.05) is 37.1 Å². The molecule has 7 heteroatoms. The van der Waals surface area contributed by atoms with E-state index in [9.17, 15) is 14.0 Å². The monoisotopic (exact) mass is 344 g/mol. The number of aromatic nitrogens is 2. The van der Waals surface area contributed by atoms with E-state index in [2.05, 4.69) is 10.4 Å². The Bertz CT molecular complexity index is 760. The molecule has 2 aromatic rings. The lowest BCUT2D eigenvalue weighted by Crippen LogP contribution is -2.44. The van der Waals surface area contributed by atoms with Crippen molar-refractivity contribution in [3.63, 3.8) is 0 Å². The second kappa shape index (κ2) is 7.46. The van der Waals surface area contributed by atoms with E-state index >= 15 is 0 Å². The van der Waals surface area contributed by atoms with Gasteiger partial charge in [0.25, 0.3) is 5.91 Å². The number of nitrogens with zero attached hydrogens (tertiary/aromatic N) is 3. The third-order valence-electron chi connectivity index (χ3n) is 4.49. The highest BCUT2D eigenvalue weighted by Gasteiger charge is 2.29. The number of carbonyl (C=O) groups excluding carboxylic acids is 2. The summed E-state index contributed by atoms with van der Waals surface area (Å²) < 4.78 is 14.8. The van der Waals surface area contributed by atoms with E-state index < -0.39 is 0 Å². The van der Waals surface area contributed by atoms with Crippen molar-refractivity contribution in [1.82, 2.24) is 20.0 Å². The number of likely N-dealkylation sites (tertiary alicyclic amines) is 1. The molecule has 1 N–H and O–H groups in total. The van der Waals surface area contributed by atoms with Crippen molar-refractivity contribution in [3.05, 3.63) is 53.6 Å². The van der Waals surface area contributed by atoms with E-state index in [-0.39, 0.29) is 30.2 Å². The van der Waals surface area contributed by atoms with E-state index in [1.807, 2.05) is 0 Å². The lowest BCUT2D eigenvalue weighted by molar-refractivity contribution is -0.132. The Morgan fingerprint density at radius 2 is 2.24 bits per heavy atom. The molecular formula is C18H21FN4O2. The number of amides is 2. The van der Waals surface area contributed by atoms with Gasteiger partial charge in [0.1, 0.15) is 12.4 Å². The Balaban J connectivity index is 1.58. The first kappa shape index (κ1) is 17.1. The molecule has 1 fully saturated rings. The average Bonchev–Trinajstić information content (AvgIpc) is 3.23. The van der Waals surface area contributed by atoms with Gasteiger partial charge in [-0.05, 0) is 49.6 Å². The molecule has 0 radical (unpaired) electrons. The van der Waals surface area contributed by atoms with Crippen LogP contribution in [0.5, 0.6) is 0 Å². The number of halogens is 1. The lowest BCUT2D eigenvalue weighted by atomic mass is 10.1. The van der Waals surface area contributed by atoms with Crippen molar-refractivity contribution in [1.29, 1.82) is 0 Å². The van der Waals surface area contributed by atoms with Gasteiger partial charge in [-0.1, -0.05) is 0 Å². The highest BCUT2D eigenvalue weighted by Crippen LogP contribution is 2.18. The van der Waals surface area contributed by atoms with Crippen molar-refractivity contribution < 1.29 is 14.0 Å². The molecule has 6 nitrogen and oxygen atoms in total. The van der Waals surface area contributed by atoms with Gasteiger partial charge < -0.3 is 10.2 Å². The lowest BCUT2D eigenvalue weighted by Gasteiger charge is -2.25. The fourth-order valence-corrected chi connectivity index (χ4v) is 3.19. The molecule has 0 aliphatic carbocycles. The van der Waals surface area contributed by atoms with Gasteiger partial charge in [-0.25, -0.2) is 4.39 Å². The van der Waals surface area contributed by atoms with Gasteiger partial charge in [0.2, 0.25) is 5.91 Å². The van der Waals surface area contributed by atoms with Gasteiger partial charge in [-0.15, -0.1) is 0 Å². The third kappa shape index (κ3) is 4.04. The number of aryl methyl sites for hydroxylation is 1. The summed E-state index contributed by atoms with van der Waals surface area (Å²) in [5, 5.41) is 6.92. The number of carbonyl (C=O) groups is 2. The summed E-state index contributed by atoms with van der Waals surface area (Å²) in [6, 6.07) is 5.85. The fraction of sp³-hybridized carbons (Fsp3) is 0.389. The Kier molecular flexibility index (Phi) is 5.11. The first-order valence-electron chi connectivity index (χ1n) is 8.36. The van der Waals surface area contributed by atoms with Gasteiger partial charge in [0.05, 0.1) is 0 Å². The second-order valence-electron chi connectivity index (χ2n) is 6.26. The molecule has 0 bridgehead atoms. The van der Waals surface area contributed by atoms with E-state index in [4.69, 9.17) is 0 Å². The van der Waals surface area contributed by atoms with Crippen molar-refractivity contribution in [2.45, 2.75) is 32.4 Å². The van der Waals surface area contributed by atoms with Crippen LogP contribution in [0.2, 0.25) is 0 Å². The summed E-state index contributed by atoms with van der Waals surface area (Å²) in [6.45, 7) is 2.98. The summed E-state index contributed by atoms with van der Waals surface area (Å²) in [5.41, 5.74) is 1.05. The van der Waals surface area contributed by atoms with E-state index in [1.165, 1.54) is 18.2 Å². The molecule has 1 aliphatic heterocycles. The average molecular weight is 344 g/mol. The molecule has 1 aromatic carbocycles. The highest BCUT2D eigenvalue weighted by atomic mass is 19.1. The summed E-state index contributed by atoms with van der Waals surface area (Å²) in [5.74, 6) is -0.609. The Labute approximate surface area is 145 Å². The molecule has 0 saturated carbocycles. The maximum Gasteiger partial charge on any atom is 0.251 e.